The number of hydrogen-bond acceptors (Lipinski definition) is 4. The Hall–Kier alpha value is -0.980. The van der Waals surface area contributed by atoms with E-state index in [4.69, 9.17) is 4.74 Å². The molecule has 2 N–H and O–H groups in total. The van der Waals surface area contributed by atoms with E-state index in [9.17, 15) is 9.18 Å². The third kappa shape index (κ3) is 6.97. The number of benzene rings is 1. The van der Waals surface area contributed by atoms with Crippen LogP contribution in [0.4, 0.5) is 4.39 Å². The van der Waals surface area contributed by atoms with Crippen molar-refractivity contribution in [3.05, 3.63) is 30.1 Å². The summed E-state index contributed by atoms with van der Waals surface area (Å²) in [7, 11) is 0. The molecule has 0 aliphatic carbocycles. The van der Waals surface area contributed by atoms with Gasteiger partial charge in [0.15, 0.2) is 11.6 Å². The molecule has 0 radical (unpaired) electrons. The minimum Gasteiger partial charge on any atom is -0.486 e. The van der Waals surface area contributed by atoms with Crippen molar-refractivity contribution in [3.8, 4) is 5.75 Å². The number of ether oxygens (including phenoxy) is 1. The first-order valence-corrected chi connectivity index (χ1v) is 8.83. The van der Waals surface area contributed by atoms with Crippen LogP contribution in [0, 0.1) is 5.82 Å². The molecule has 0 spiro atoms. The predicted octanol–water partition coefficient (Wildman–Crippen LogP) is 2.62. The first-order chi connectivity index (χ1) is 10.7. The van der Waals surface area contributed by atoms with Crippen molar-refractivity contribution >= 4 is 30.1 Å². The summed E-state index contributed by atoms with van der Waals surface area (Å²) in [4.78, 5) is 12.0. The van der Waals surface area contributed by atoms with Crippen LogP contribution in [0.5, 0.6) is 5.75 Å². The van der Waals surface area contributed by atoms with Crippen LogP contribution in [0.1, 0.15) is 19.8 Å². The normalized spacial score (nSPS) is 18.6. The molecule has 7 heteroatoms. The SMILES string of the molecule is CCC(CNC(=O)CC1CSCCN1)Oc1ccccc1F.Cl. The quantitative estimate of drug-likeness (QED) is 0.783. The molecule has 0 aromatic heterocycles. The van der Waals surface area contributed by atoms with Crippen LogP contribution in [-0.2, 0) is 4.79 Å². The van der Waals surface area contributed by atoms with E-state index in [0.717, 1.165) is 18.1 Å². The van der Waals surface area contributed by atoms with Crippen LogP contribution in [0.15, 0.2) is 24.3 Å². The molecule has 1 aromatic carbocycles. The molecule has 2 rings (SSSR count). The molecule has 4 nitrogen and oxygen atoms in total. The zero-order valence-corrected chi connectivity index (χ0v) is 14.9. The van der Waals surface area contributed by atoms with Gasteiger partial charge in [-0.3, -0.25) is 4.79 Å². The van der Waals surface area contributed by atoms with E-state index in [1.165, 1.54) is 6.07 Å². The maximum atomic E-state index is 13.6. The Kier molecular flexibility index (Phi) is 9.36. The molecule has 0 bridgehead atoms. The maximum Gasteiger partial charge on any atom is 0.221 e. The van der Waals surface area contributed by atoms with Crippen molar-refractivity contribution < 1.29 is 13.9 Å². The fourth-order valence-corrected chi connectivity index (χ4v) is 3.21. The molecular weight excluding hydrogens is 339 g/mol. The van der Waals surface area contributed by atoms with E-state index in [-0.39, 0.29) is 42.0 Å². The van der Waals surface area contributed by atoms with Crippen LogP contribution >= 0.6 is 24.2 Å². The van der Waals surface area contributed by atoms with Gasteiger partial charge in [-0.25, -0.2) is 4.39 Å². The third-order valence-electron chi connectivity index (χ3n) is 3.54. The van der Waals surface area contributed by atoms with Gasteiger partial charge in [0.05, 0.1) is 6.54 Å². The Bertz CT molecular complexity index is 487. The number of amides is 1. The van der Waals surface area contributed by atoms with Crippen molar-refractivity contribution in [2.75, 3.05) is 24.6 Å². The highest BCUT2D eigenvalue weighted by Gasteiger charge is 2.18. The zero-order chi connectivity index (χ0) is 15.8. The number of rotatable bonds is 7. The fourth-order valence-electron chi connectivity index (χ4n) is 2.26. The van der Waals surface area contributed by atoms with E-state index < -0.39 is 0 Å². The van der Waals surface area contributed by atoms with Gasteiger partial charge in [-0.15, -0.1) is 12.4 Å². The molecule has 130 valence electrons. The number of halogens is 2. The second-order valence-corrected chi connectivity index (χ2v) is 6.46. The first kappa shape index (κ1) is 20.1. The highest BCUT2D eigenvalue weighted by atomic mass is 35.5. The lowest BCUT2D eigenvalue weighted by Crippen LogP contribution is -2.43. The molecule has 1 saturated heterocycles. The summed E-state index contributed by atoms with van der Waals surface area (Å²) in [5.41, 5.74) is 0. The minimum atomic E-state index is -0.379. The Labute approximate surface area is 147 Å². The monoisotopic (exact) mass is 362 g/mol. The first-order valence-electron chi connectivity index (χ1n) is 7.68. The molecule has 1 amide bonds. The Morgan fingerprint density at radius 1 is 1.52 bits per heavy atom. The Morgan fingerprint density at radius 2 is 2.30 bits per heavy atom. The summed E-state index contributed by atoms with van der Waals surface area (Å²) in [5, 5.41) is 6.22. The van der Waals surface area contributed by atoms with Crippen LogP contribution in [0.3, 0.4) is 0 Å². The number of carbonyl (C=O) groups is 1. The van der Waals surface area contributed by atoms with Crippen LogP contribution in [-0.4, -0.2) is 42.6 Å². The second kappa shape index (κ2) is 10.7. The summed E-state index contributed by atoms with van der Waals surface area (Å²) >= 11 is 1.87. The summed E-state index contributed by atoms with van der Waals surface area (Å²) in [6.45, 7) is 3.30. The molecule has 0 saturated carbocycles. The summed E-state index contributed by atoms with van der Waals surface area (Å²) in [6.07, 6.45) is 0.949. The van der Waals surface area contributed by atoms with Crippen molar-refractivity contribution in [2.24, 2.45) is 0 Å². The van der Waals surface area contributed by atoms with Crippen molar-refractivity contribution in [1.29, 1.82) is 0 Å². The number of nitrogens with one attached hydrogen (secondary N) is 2. The molecule has 1 heterocycles. The van der Waals surface area contributed by atoms with E-state index >= 15 is 0 Å². The van der Waals surface area contributed by atoms with Gasteiger partial charge in [0, 0.05) is 30.5 Å². The van der Waals surface area contributed by atoms with E-state index in [1.54, 1.807) is 18.2 Å². The summed E-state index contributed by atoms with van der Waals surface area (Å²) < 4.78 is 19.2. The van der Waals surface area contributed by atoms with Crippen LogP contribution < -0.4 is 15.4 Å². The Balaban J connectivity index is 0.00000264. The number of para-hydroxylation sites is 1. The highest BCUT2D eigenvalue weighted by Crippen LogP contribution is 2.17. The molecule has 2 atom stereocenters. The Morgan fingerprint density at radius 3 is 2.96 bits per heavy atom. The smallest absolute Gasteiger partial charge is 0.221 e. The molecular formula is C16H24ClFN2O2S. The van der Waals surface area contributed by atoms with E-state index in [1.807, 2.05) is 18.7 Å². The van der Waals surface area contributed by atoms with Crippen molar-refractivity contribution in [1.82, 2.24) is 10.6 Å². The van der Waals surface area contributed by atoms with Crippen molar-refractivity contribution in [3.63, 3.8) is 0 Å². The average Bonchev–Trinajstić information content (AvgIpc) is 2.54. The lowest BCUT2D eigenvalue weighted by molar-refractivity contribution is -0.121. The zero-order valence-electron chi connectivity index (χ0n) is 13.2. The largest absolute Gasteiger partial charge is 0.486 e. The molecule has 2 unspecified atom stereocenters. The number of thioether (sulfide) groups is 1. The summed E-state index contributed by atoms with van der Waals surface area (Å²) in [5.74, 6) is 1.93. The van der Waals surface area contributed by atoms with Gasteiger partial charge in [0.1, 0.15) is 6.10 Å². The molecule has 1 aliphatic rings. The van der Waals surface area contributed by atoms with Crippen molar-refractivity contribution in [2.45, 2.75) is 31.9 Å². The lowest BCUT2D eigenvalue weighted by atomic mass is 10.2. The van der Waals surface area contributed by atoms with Gasteiger partial charge in [-0.1, -0.05) is 19.1 Å². The topological polar surface area (TPSA) is 50.4 Å². The van der Waals surface area contributed by atoms with Gasteiger partial charge in [-0.2, -0.15) is 11.8 Å². The molecule has 23 heavy (non-hydrogen) atoms. The number of carbonyl (C=O) groups excluding carboxylic acids is 1. The van der Waals surface area contributed by atoms with Gasteiger partial charge >= 0.3 is 0 Å². The number of hydrogen-bond donors (Lipinski definition) is 2. The minimum absolute atomic E-state index is 0. The predicted molar refractivity (Wildman–Crippen MR) is 95.1 cm³/mol. The van der Waals surface area contributed by atoms with Gasteiger partial charge in [0.2, 0.25) is 5.91 Å². The standard InChI is InChI=1S/C16H23FN2O2S.ClH/c1-2-13(21-15-6-4-3-5-14(15)17)10-19-16(20)9-12-11-22-8-7-18-12;/h3-6,12-13,18H,2,7-11H2,1H3,(H,19,20);1H. The van der Waals surface area contributed by atoms with Gasteiger partial charge in [-0.05, 0) is 18.6 Å². The van der Waals surface area contributed by atoms with Crippen LogP contribution in [0.25, 0.3) is 0 Å². The fraction of sp³-hybridized carbons (Fsp3) is 0.562. The molecule has 1 fully saturated rings. The van der Waals surface area contributed by atoms with Gasteiger partial charge < -0.3 is 15.4 Å². The van der Waals surface area contributed by atoms with E-state index in [2.05, 4.69) is 10.6 Å². The summed E-state index contributed by atoms with van der Waals surface area (Å²) in [6, 6.07) is 6.57. The second-order valence-electron chi connectivity index (χ2n) is 5.31. The molecule has 1 aliphatic heterocycles. The highest BCUT2D eigenvalue weighted by molar-refractivity contribution is 7.99. The van der Waals surface area contributed by atoms with E-state index in [0.29, 0.717) is 19.4 Å². The maximum absolute atomic E-state index is 13.6. The van der Waals surface area contributed by atoms with Crippen LogP contribution in [0.2, 0.25) is 0 Å². The molecule has 1 aromatic rings. The van der Waals surface area contributed by atoms with Gasteiger partial charge in [0.25, 0.3) is 0 Å². The average molecular weight is 363 g/mol. The lowest BCUT2D eigenvalue weighted by Gasteiger charge is -2.23. The third-order valence-corrected chi connectivity index (χ3v) is 4.67.